The summed E-state index contributed by atoms with van der Waals surface area (Å²) in [6, 6.07) is 22.2. The van der Waals surface area contributed by atoms with Crippen LogP contribution in [0.5, 0.6) is 0 Å². The van der Waals surface area contributed by atoms with Gasteiger partial charge in [0.2, 0.25) is 0 Å². The number of nitrogens with zero attached hydrogens (tertiary/aromatic N) is 7. The zero-order valence-electron chi connectivity index (χ0n) is 26.4. The molecule has 2 saturated heterocycles. The first-order valence-electron chi connectivity index (χ1n) is 16.0. The highest BCUT2D eigenvalue weighted by atomic mass is 16.6. The highest BCUT2D eigenvalue weighted by Crippen LogP contribution is 2.36. The molecule has 10 nitrogen and oxygen atoms in total. The number of fused-ring (bicyclic) bond motifs is 1. The quantitative estimate of drug-likeness (QED) is 0.209. The molecular weight excluding hydrogens is 578 g/mol. The molecule has 2 aliphatic heterocycles. The Morgan fingerprint density at radius 1 is 0.848 bits per heavy atom. The zero-order valence-corrected chi connectivity index (χ0v) is 26.4. The fourth-order valence-electron chi connectivity index (χ4n) is 6.60. The van der Waals surface area contributed by atoms with E-state index in [-0.39, 0.29) is 24.5 Å². The first kappa shape index (κ1) is 29.6. The van der Waals surface area contributed by atoms with Crippen molar-refractivity contribution in [2.45, 2.75) is 32.4 Å². The molecule has 3 aromatic heterocycles. The molecule has 46 heavy (non-hydrogen) atoms. The van der Waals surface area contributed by atoms with E-state index in [1.165, 1.54) is 0 Å². The molecule has 0 atom stereocenters. The smallest absolute Gasteiger partial charge is 0.410 e. The van der Waals surface area contributed by atoms with Crippen molar-refractivity contribution in [3.8, 4) is 11.1 Å². The van der Waals surface area contributed by atoms with E-state index in [0.717, 1.165) is 83.8 Å². The van der Waals surface area contributed by atoms with Crippen LogP contribution in [0.4, 0.5) is 16.3 Å². The average molecular weight is 618 g/mol. The maximum Gasteiger partial charge on any atom is 0.410 e. The Morgan fingerprint density at radius 3 is 2.24 bits per heavy atom. The monoisotopic (exact) mass is 617 g/mol. The standard InChI is InChI=1S/C36H39N7O3/c1-26(44)28-8-10-30(11-9-28)40-18-20-41(21-19-40)34-13-12-32-33(29-22-37-39(2)23-29)24-43(35(32)38-34)31-14-16-42(17-15-31)36(45)46-25-27-6-4-3-5-7-27/h3-13,22-24,31H,14-21,25H2,1-2H3. The van der Waals surface area contributed by atoms with Crippen molar-refractivity contribution in [2.24, 2.45) is 7.05 Å². The second kappa shape index (κ2) is 12.7. The normalized spacial score (nSPS) is 15.8. The Bertz CT molecular complexity index is 1830. The van der Waals surface area contributed by atoms with Gasteiger partial charge in [0, 0.05) is 92.5 Å². The van der Waals surface area contributed by atoms with E-state index in [0.29, 0.717) is 13.1 Å². The SMILES string of the molecule is CC(=O)c1ccc(N2CCN(c3ccc4c(-c5cnn(C)c5)cn(C5CCN(C(=O)OCc6ccccc6)CC5)c4n3)CC2)cc1. The summed E-state index contributed by atoms with van der Waals surface area (Å²) in [6.07, 6.45) is 7.55. The van der Waals surface area contributed by atoms with Gasteiger partial charge in [-0.15, -0.1) is 0 Å². The van der Waals surface area contributed by atoms with Crippen LogP contribution in [0.25, 0.3) is 22.2 Å². The number of likely N-dealkylation sites (tertiary alicyclic amines) is 1. The number of carbonyl (C=O) groups is 2. The van der Waals surface area contributed by atoms with Gasteiger partial charge in [-0.05, 0) is 61.7 Å². The van der Waals surface area contributed by atoms with E-state index in [2.05, 4.69) is 37.8 Å². The first-order valence-corrected chi connectivity index (χ1v) is 16.0. The molecule has 2 aliphatic rings. The number of aryl methyl sites for hydroxylation is 1. The van der Waals surface area contributed by atoms with Gasteiger partial charge in [-0.3, -0.25) is 9.48 Å². The molecule has 0 bridgehead atoms. The summed E-state index contributed by atoms with van der Waals surface area (Å²) in [7, 11) is 1.93. The number of pyridine rings is 1. The number of rotatable bonds is 7. The van der Waals surface area contributed by atoms with Gasteiger partial charge >= 0.3 is 6.09 Å². The van der Waals surface area contributed by atoms with Gasteiger partial charge in [0.25, 0.3) is 0 Å². The molecule has 5 aromatic rings. The predicted molar refractivity (Wildman–Crippen MR) is 179 cm³/mol. The Morgan fingerprint density at radius 2 is 1.57 bits per heavy atom. The summed E-state index contributed by atoms with van der Waals surface area (Å²) in [4.78, 5) is 36.3. The summed E-state index contributed by atoms with van der Waals surface area (Å²) < 4.78 is 9.76. The highest BCUT2D eigenvalue weighted by Gasteiger charge is 2.28. The number of benzene rings is 2. The van der Waals surface area contributed by atoms with Crippen LogP contribution >= 0.6 is 0 Å². The van der Waals surface area contributed by atoms with E-state index in [4.69, 9.17) is 9.72 Å². The van der Waals surface area contributed by atoms with Gasteiger partial charge in [0.05, 0.1) is 6.20 Å². The van der Waals surface area contributed by atoms with Crippen molar-refractivity contribution >= 4 is 34.4 Å². The molecule has 2 aromatic carbocycles. The second-order valence-electron chi connectivity index (χ2n) is 12.2. The van der Waals surface area contributed by atoms with Crippen LogP contribution in [0, 0.1) is 0 Å². The molecule has 1 amide bonds. The van der Waals surface area contributed by atoms with Gasteiger partial charge in [-0.25, -0.2) is 9.78 Å². The van der Waals surface area contributed by atoms with E-state index in [1.807, 2.05) is 83.6 Å². The van der Waals surface area contributed by atoms with Crippen molar-refractivity contribution in [1.82, 2.24) is 24.2 Å². The number of carbonyl (C=O) groups excluding carboxylic acids is 2. The lowest BCUT2D eigenvalue weighted by atomic mass is 10.1. The summed E-state index contributed by atoms with van der Waals surface area (Å²) in [6.45, 7) is 6.60. The number of piperazine rings is 1. The fourth-order valence-corrected chi connectivity index (χ4v) is 6.60. The summed E-state index contributed by atoms with van der Waals surface area (Å²) in [5.41, 5.74) is 6.00. The number of hydrogen-bond acceptors (Lipinski definition) is 7. The van der Waals surface area contributed by atoms with Crippen molar-refractivity contribution in [3.05, 3.63) is 96.4 Å². The number of aromatic nitrogens is 4. The number of ketones is 1. The number of piperidine rings is 1. The first-order chi connectivity index (χ1) is 22.4. The van der Waals surface area contributed by atoms with E-state index in [9.17, 15) is 9.59 Å². The van der Waals surface area contributed by atoms with Crippen LogP contribution in [-0.2, 0) is 18.4 Å². The largest absolute Gasteiger partial charge is 0.445 e. The number of ether oxygens (including phenoxy) is 1. The molecule has 0 N–H and O–H groups in total. The van der Waals surface area contributed by atoms with E-state index in [1.54, 1.807) is 6.92 Å². The van der Waals surface area contributed by atoms with E-state index < -0.39 is 0 Å². The molecular formula is C36H39N7O3. The van der Waals surface area contributed by atoms with Crippen molar-refractivity contribution in [3.63, 3.8) is 0 Å². The lowest BCUT2D eigenvalue weighted by Gasteiger charge is -2.37. The Balaban J connectivity index is 1.08. The lowest BCUT2D eigenvalue weighted by Crippen LogP contribution is -2.46. The Hall–Kier alpha value is -5.12. The van der Waals surface area contributed by atoms with Gasteiger partial charge in [0.15, 0.2) is 5.78 Å². The zero-order chi connectivity index (χ0) is 31.6. The average Bonchev–Trinajstić information content (AvgIpc) is 3.71. The molecule has 0 unspecified atom stereocenters. The van der Waals surface area contributed by atoms with Crippen LogP contribution in [0.2, 0.25) is 0 Å². The van der Waals surface area contributed by atoms with Crippen molar-refractivity contribution in [2.75, 3.05) is 49.1 Å². The predicted octanol–water partition coefficient (Wildman–Crippen LogP) is 5.94. The van der Waals surface area contributed by atoms with Gasteiger partial charge < -0.3 is 24.0 Å². The van der Waals surface area contributed by atoms with Crippen LogP contribution in [0.15, 0.2) is 85.3 Å². The Labute approximate surface area is 268 Å². The fraction of sp³-hybridized carbons (Fsp3) is 0.333. The molecule has 7 rings (SSSR count). The van der Waals surface area contributed by atoms with Crippen LogP contribution in [0.1, 0.15) is 41.7 Å². The number of anilines is 2. The Kier molecular flexibility index (Phi) is 8.17. The molecule has 2 fully saturated rings. The summed E-state index contributed by atoms with van der Waals surface area (Å²) >= 11 is 0. The minimum Gasteiger partial charge on any atom is -0.445 e. The molecule has 10 heteroatoms. The molecule has 5 heterocycles. The van der Waals surface area contributed by atoms with Crippen LogP contribution in [-0.4, -0.2) is 75.4 Å². The third-order valence-corrected chi connectivity index (χ3v) is 9.24. The molecule has 0 spiro atoms. The maximum atomic E-state index is 12.8. The van der Waals surface area contributed by atoms with Crippen molar-refractivity contribution in [1.29, 1.82) is 0 Å². The molecule has 0 radical (unpaired) electrons. The maximum absolute atomic E-state index is 12.8. The second-order valence-corrected chi connectivity index (χ2v) is 12.2. The minimum atomic E-state index is -0.259. The van der Waals surface area contributed by atoms with Crippen LogP contribution < -0.4 is 9.80 Å². The minimum absolute atomic E-state index is 0.0844. The van der Waals surface area contributed by atoms with Gasteiger partial charge in [-0.1, -0.05) is 30.3 Å². The third kappa shape index (κ3) is 6.07. The number of amides is 1. The molecule has 0 aliphatic carbocycles. The molecule has 236 valence electrons. The lowest BCUT2D eigenvalue weighted by molar-refractivity contribution is 0.0834. The summed E-state index contributed by atoms with van der Waals surface area (Å²) in [5.74, 6) is 1.05. The van der Waals surface area contributed by atoms with E-state index >= 15 is 0 Å². The van der Waals surface area contributed by atoms with Gasteiger partial charge in [-0.2, -0.15) is 5.10 Å². The highest BCUT2D eigenvalue weighted by molar-refractivity contribution is 5.95. The van der Waals surface area contributed by atoms with Crippen molar-refractivity contribution < 1.29 is 14.3 Å². The summed E-state index contributed by atoms with van der Waals surface area (Å²) in [5, 5.41) is 5.53. The number of Topliss-reactive ketones (excluding diaryl/α,β-unsaturated/α-hetero) is 1. The van der Waals surface area contributed by atoms with Gasteiger partial charge in [0.1, 0.15) is 18.1 Å². The number of hydrogen-bond donors (Lipinski definition) is 0. The topological polar surface area (TPSA) is 88.7 Å². The van der Waals surface area contributed by atoms with Crippen LogP contribution in [0.3, 0.4) is 0 Å². The molecule has 0 saturated carbocycles. The third-order valence-electron chi connectivity index (χ3n) is 9.24.